The van der Waals surface area contributed by atoms with Gasteiger partial charge in [-0.3, -0.25) is 4.79 Å². The number of carbonyl (C=O) groups is 1. The Morgan fingerprint density at radius 3 is 2.88 bits per heavy atom. The monoisotopic (exact) mass is 250 g/mol. The van der Waals surface area contributed by atoms with Crippen LogP contribution in [0, 0.1) is 12.3 Å². The van der Waals surface area contributed by atoms with Crippen molar-refractivity contribution in [2.24, 2.45) is 0 Å². The van der Waals surface area contributed by atoms with E-state index in [9.17, 15) is 4.79 Å². The molecule has 1 aromatic rings. The van der Waals surface area contributed by atoms with Gasteiger partial charge in [0.05, 0.1) is 12.6 Å². The summed E-state index contributed by atoms with van der Waals surface area (Å²) >= 11 is 6.00. The Bertz CT molecular complexity index is 426. The van der Waals surface area contributed by atoms with Crippen LogP contribution < -0.4 is 10.6 Å². The maximum absolute atomic E-state index is 11.5. The molecule has 0 aromatic heterocycles. The van der Waals surface area contributed by atoms with Crippen LogP contribution in [0.3, 0.4) is 0 Å². The van der Waals surface area contributed by atoms with Gasteiger partial charge in [0, 0.05) is 11.6 Å². The third kappa shape index (κ3) is 4.48. The smallest absolute Gasteiger partial charge is 0.237 e. The van der Waals surface area contributed by atoms with Crippen LogP contribution >= 0.6 is 11.6 Å². The molecule has 0 fully saturated rings. The molecule has 0 aliphatic rings. The van der Waals surface area contributed by atoms with Crippen LogP contribution in [-0.4, -0.2) is 18.5 Å². The summed E-state index contributed by atoms with van der Waals surface area (Å²) in [6.45, 7) is 2.57. The summed E-state index contributed by atoms with van der Waals surface area (Å²) in [6, 6.07) is 7.21. The highest BCUT2D eigenvalue weighted by Crippen LogP contribution is 2.14. The summed E-state index contributed by atoms with van der Waals surface area (Å²) < 4.78 is 0. The minimum Gasteiger partial charge on any atom is -0.344 e. The fourth-order valence-corrected chi connectivity index (χ4v) is 1.49. The third-order valence-corrected chi connectivity index (χ3v) is 2.68. The molecule has 90 valence electrons. The fourth-order valence-electron chi connectivity index (χ4n) is 1.29. The van der Waals surface area contributed by atoms with E-state index in [4.69, 9.17) is 18.0 Å². The zero-order valence-corrected chi connectivity index (χ0v) is 10.4. The van der Waals surface area contributed by atoms with Crippen LogP contribution in [-0.2, 0) is 11.3 Å². The Morgan fingerprint density at radius 1 is 1.53 bits per heavy atom. The number of terminal acetylenes is 1. The molecule has 1 unspecified atom stereocenters. The topological polar surface area (TPSA) is 41.1 Å². The number of amides is 1. The normalized spacial score (nSPS) is 11.6. The van der Waals surface area contributed by atoms with Crippen molar-refractivity contribution in [3.63, 3.8) is 0 Å². The lowest BCUT2D eigenvalue weighted by Gasteiger charge is -2.13. The van der Waals surface area contributed by atoms with Crippen LogP contribution in [0.15, 0.2) is 24.3 Å². The van der Waals surface area contributed by atoms with E-state index in [1.54, 1.807) is 6.92 Å². The van der Waals surface area contributed by atoms with Crippen LogP contribution in [0.4, 0.5) is 0 Å². The molecule has 0 saturated carbocycles. The predicted molar refractivity (Wildman–Crippen MR) is 69.6 cm³/mol. The summed E-state index contributed by atoms with van der Waals surface area (Å²) in [5.74, 6) is 2.24. The van der Waals surface area contributed by atoms with Crippen molar-refractivity contribution in [1.82, 2.24) is 10.6 Å². The number of carbonyl (C=O) groups excluding carboxylic acids is 1. The zero-order valence-electron chi connectivity index (χ0n) is 9.66. The number of hydrogen-bond donors (Lipinski definition) is 2. The molecular weight excluding hydrogens is 236 g/mol. The maximum atomic E-state index is 11.5. The van der Waals surface area contributed by atoms with Crippen molar-refractivity contribution in [3.8, 4) is 12.3 Å². The van der Waals surface area contributed by atoms with Gasteiger partial charge in [-0.05, 0) is 18.6 Å². The Kier molecular flexibility index (Phi) is 5.55. The van der Waals surface area contributed by atoms with Gasteiger partial charge in [0.1, 0.15) is 0 Å². The lowest BCUT2D eigenvalue weighted by Crippen LogP contribution is -2.41. The second-order valence-corrected chi connectivity index (χ2v) is 4.02. The largest absolute Gasteiger partial charge is 0.344 e. The molecule has 0 heterocycles. The first kappa shape index (κ1) is 13.6. The first-order chi connectivity index (χ1) is 8.15. The van der Waals surface area contributed by atoms with Gasteiger partial charge in [-0.1, -0.05) is 35.7 Å². The first-order valence-corrected chi connectivity index (χ1v) is 5.71. The maximum Gasteiger partial charge on any atom is 0.237 e. The molecule has 0 bridgehead atoms. The Morgan fingerprint density at radius 2 is 2.24 bits per heavy atom. The summed E-state index contributed by atoms with van der Waals surface area (Å²) in [5, 5.41) is 6.39. The van der Waals surface area contributed by atoms with E-state index < -0.39 is 0 Å². The van der Waals surface area contributed by atoms with Gasteiger partial charge in [-0.25, -0.2) is 0 Å². The van der Waals surface area contributed by atoms with Crippen LogP contribution in [0.1, 0.15) is 12.5 Å². The van der Waals surface area contributed by atoms with Crippen molar-refractivity contribution < 1.29 is 4.79 Å². The van der Waals surface area contributed by atoms with Crippen LogP contribution in [0.5, 0.6) is 0 Å². The molecule has 0 spiro atoms. The fraction of sp³-hybridized carbons (Fsp3) is 0.308. The minimum atomic E-state index is -0.306. The van der Waals surface area contributed by atoms with E-state index in [2.05, 4.69) is 16.6 Å². The molecule has 1 aromatic carbocycles. The van der Waals surface area contributed by atoms with Gasteiger partial charge in [0.2, 0.25) is 5.91 Å². The minimum absolute atomic E-state index is 0.116. The Hall–Kier alpha value is -1.50. The summed E-state index contributed by atoms with van der Waals surface area (Å²) in [4.78, 5) is 11.5. The average molecular weight is 251 g/mol. The lowest BCUT2D eigenvalue weighted by molar-refractivity contribution is -0.122. The van der Waals surface area contributed by atoms with Gasteiger partial charge in [0.25, 0.3) is 0 Å². The first-order valence-electron chi connectivity index (χ1n) is 5.33. The molecule has 1 amide bonds. The van der Waals surface area contributed by atoms with E-state index in [1.165, 1.54) is 0 Å². The van der Waals surface area contributed by atoms with E-state index in [0.717, 1.165) is 5.56 Å². The van der Waals surface area contributed by atoms with Gasteiger partial charge in [-0.15, -0.1) is 6.42 Å². The van der Waals surface area contributed by atoms with E-state index in [-0.39, 0.29) is 18.5 Å². The van der Waals surface area contributed by atoms with Gasteiger partial charge < -0.3 is 10.6 Å². The van der Waals surface area contributed by atoms with Crippen LogP contribution in [0.2, 0.25) is 5.02 Å². The second kappa shape index (κ2) is 6.95. The van der Waals surface area contributed by atoms with Crippen molar-refractivity contribution in [2.45, 2.75) is 19.5 Å². The summed E-state index contributed by atoms with van der Waals surface area (Å²) in [6.07, 6.45) is 5.06. The molecular formula is C13H15ClN2O. The SMILES string of the molecule is C#CCNC(=O)C(C)NCc1ccccc1Cl. The molecule has 3 nitrogen and oxygen atoms in total. The molecule has 2 N–H and O–H groups in total. The molecule has 0 aliphatic heterocycles. The lowest BCUT2D eigenvalue weighted by atomic mass is 10.2. The summed E-state index contributed by atoms with van der Waals surface area (Å²) in [5.41, 5.74) is 0.964. The van der Waals surface area contributed by atoms with Gasteiger partial charge >= 0.3 is 0 Å². The predicted octanol–water partition coefficient (Wildman–Crippen LogP) is 1.57. The van der Waals surface area contributed by atoms with Crippen molar-refractivity contribution >= 4 is 17.5 Å². The number of hydrogen-bond acceptors (Lipinski definition) is 2. The number of nitrogens with one attached hydrogen (secondary N) is 2. The average Bonchev–Trinajstić information content (AvgIpc) is 2.34. The highest BCUT2D eigenvalue weighted by molar-refractivity contribution is 6.31. The molecule has 1 rings (SSSR count). The van der Waals surface area contributed by atoms with Crippen molar-refractivity contribution in [3.05, 3.63) is 34.9 Å². The quantitative estimate of drug-likeness (QED) is 0.779. The Balaban J connectivity index is 2.43. The Labute approximate surface area is 107 Å². The van der Waals surface area contributed by atoms with Crippen molar-refractivity contribution in [1.29, 1.82) is 0 Å². The number of halogens is 1. The summed E-state index contributed by atoms with van der Waals surface area (Å²) in [7, 11) is 0. The molecule has 17 heavy (non-hydrogen) atoms. The van der Waals surface area contributed by atoms with Crippen LogP contribution in [0.25, 0.3) is 0 Å². The molecule has 4 heteroatoms. The third-order valence-electron chi connectivity index (χ3n) is 2.31. The molecule has 1 atom stereocenters. The van der Waals surface area contributed by atoms with E-state index in [1.807, 2.05) is 24.3 Å². The number of benzene rings is 1. The number of rotatable bonds is 5. The van der Waals surface area contributed by atoms with Gasteiger partial charge in [-0.2, -0.15) is 0 Å². The standard InChI is InChI=1S/C13H15ClN2O/c1-3-8-15-13(17)10(2)16-9-11-6-4-5-7-12(11)14/h1,4-7,10,16H,8-9H2,2H3,(H,15,17). The highest BCUT2D eigenvalue weighted by atomic mass is 35.5. The zero-order chi connectivity index (χ0) is 12.7. The van der Waals surface area contributed by atoms with E-state index in [0.29, 0.717) is 11.6 Å². The van der Waals surface area contributed by atoms with Gasteiger partial charge in [0.15, 0.2) is 0 Å². The second-order valence-electron chi connectivity index (χ2n) is 3.62. The molecule has 0 aliphatic carbocycles. The van der Waals surface area contributed by atoms with Crippen molar-refractivity contribution in [2.75, 3.05) is 6.54 Å². The molecule has 0 saturated heterocycles. The van der Waals surface area contributed by atoms with E-state index >= 15 is 0 Å². The highest BCUT2D eigenvalue weighted by Gasteiger charge is 2.11. The molecule has 0 radical (unpaired) electrons.